The summed E-state index contributed by atoms with van der Waals surface area (Å²) in [5.41, 5.74) is 2.71. The summed E-state index contributed by atoms with van der Waals surface area (Å²) < 4.78 is 14.9. The van der Waals surface area contributed by atoms with Crippen molar-refractivity contribution in [2.24, 2.45) is 23.7 Å². The number of likely N-dealkylation sites (tertiary alicyclic amines) is 1. The lowest BCUT2D eigenvalue weighted by atomic mass is 9.68. The zero-order valence-corrected chi connectivity index (χ0v) is 20.5. The van der Waals surface area contributed by atoms with Gasteiger partial charge in [-0.05, 0) is 67.6 Å². The SMILES string of the molecule is CC1C=CC=C(C(CC(=O)N2CCC(C(=O)O)C3CC(C)CCC32)c2c[nH]c3cccc(F)c23)C1. The fourth-order valence-corrected chi connectivity index (χ4v) is 6.81. The fourth-order valence-electron chi connectivity index (χ4n) is 6.81. The molecule has 1 aliphatic heterocycles. The molecule has 6 heteroatoms. The van der Waals surface area contributed by atoms with Gasteiger partial charge in [0.2, 0.25) is 5.91 Å². The summed E-state index contributed by atoms with van der Waals surface area (Å²) in [6.07, 6.45) is 12.5. The van der Waals surface area contributed by atoms with Crippen molar-refractivity contribution >= 4 is 22.8 Å². The molecule has 0 bridgehead atoms. The minimum Gasteiger partial charge on any atom is -0.481 e. The Kier molecular flexibility index (Phi) is 6.56. The average molecular weight is 479 g/mol. The third-order valence-electron chi connectivity index (χ3n) is 8.55. The maximum absolute atomic E-state index is 14.9. The maximum Gasteiger partial charge on any atom is 0.306 e. The number of carboxylic acids is 1. The molecular weight excluding hydrogens is 443 g/mol. The van der Waals surface area contributed by atoms with Crippen LogP contribution < -0.4 is 0 Å². The topological polar surface area (TPSA) is 73.4 Å². The Labute approximate surface area is 206 Å². The van der Waals surface area contributed by atoms with Crippen LogP contribution in [0.1, 0.15) is 63.9 Å². The van der Waals surface area contributed by atoms with Gasteiger partial charge < -0.3 is 15.0 Å². The van der Waals surface area contributed by atoms with E-state index >= 15 is 0 Å². The number of H-pyrrole nitrogens is 1. The van der Waals surface area contributed by atoms with E-state index in [1.165, 1.54) is 6.07 Å². The number of hydrogen-bond acceptors (Lipinski definition) is 2. The third-order valence-corrected chi connectivity index (χ3v) is 8.55. The quantitative estimate of drug-likeness (QED) is 0.550. The first-order chi connectivity index (χ1) is 16.8. The van der Waals surface area contributed by atoms with Gasteiger partial charge in [-0.1, -0.05) is 43.7 Å². The van der Waals surface area contributed by atoms with Crippen LogP contribution in [-0.2, 0) is 9.59 Å². The van der Waals surface area contributed by atoms with Gasteiger partial charge in [-0.15, -0.1) is 0 Å². The molecule has 6 unspecified atom stereocenters. The number of rotatable bonds is 5. The molecule has 1 amide bonds. The maximum atomic E-state index is 14.9. The molecule has 2 heterocycles. The van der Waals surface area contributed by atoms with Gasteiger partial charge in [0.25, 0.3) is 0 Å². The number of halogens is 1. The van der Waals surface area contributed by atoms with Crippen LogP contribution in [-0.4, -0.2) is 39.5 Å². The highest BCUT2D eigenvalue weighted by atomic mass is 19.1. The summed E-state index contributed by atoms with van der Waals surface area (Å²) in [7, 11) is 0. The normalized spacial score (nSPS) is 29.5. The first kappa shape index (κ1) is 23.8. The van der Waals surface area contributed by atoms with Crippen molar-refractivity contribution in [1.29, 1.82) is 0 Å². The summed E-state index contributed by atoms with van der Waals surface area (Å²) in [4.78, 5) is 31.0. The van der Waals surface area contributed by atoms with Crippen molar-refractivity contribution in [3.8, 4) is 0 Å². The van der Waals surface area contributed by atoms with Gasteiger partial charge in [-0.25, -0.2) is 4.39 Å². The summed E-state index contributed by atoms with van der Waals surface area (Å²) in [6, 6.07) is 5.01. The smallest absolute Gasteiger partial charge is 0.306 e. The van der Waals surface area contributed by atoms with E-state index in [1.807, 2.05) is 23.2 Å². The Bertz CT molecular complexity index is 1180. The van der Waals surface area contributed by atoms with E-state index in [0.29, 0.717) is 30.2 Å². The molecule has 0 radical (unpaired) electrons. The van der Waals surface area contributed by atoms with Gasteiger partial charge in [0.15, 0.2) is 0 Å². The molecule has 5 rings (SSSR count). The largest absolute Gasteiger partial charge is 0.481 e. The molecule has 0 spiro atoms. The van der Waals surface area contributed by atoms with Crippen LogP contribution in [0.3, 0.4) is 0 Å². The molecule has 2 aliphatic carbocycles. The Morgan fingerprint density at radius 2 is 2.06 bits per heavy atom. The number of amides is 1. The van der Waals surface area contributed by atoms with Crippen molar-refractivity contribution in [3.05, 3.63) is 59.6 Å². The first-order valence-electron chi connectivity index (χ1n) is 13.0. The molecule has 186 valence electrons. The second kappa shape index (κ2) is 9.63. The Hall–Kier alpha value is -2.89. The second-order valence-electron chi connectivity index (χ2n) is 10.9. The highest BCUT2D eigenvalue weighted by Crippen LogP contribution is 2.43. The van der Waals surface area contributed by atoms with Gasteiger partial charge in [-0.2, -0.15) is 0 Å². The molecular formula is C29H35FN2O3. The van der Waals surface area contributed by atoms with Gasteiger partial charge in [-0.3, -0.25) is 9.59 Å². The van der Waals surface area contributed by atoms with E-state index < -0.39 is 5.97 Å². The fraction of sp³-hybridized carbons (Fsp3) is 0.517. The Morgan fingerprint density at radius 3 is 2.83 bits per heavy atom. The first-order valence-corrected chi connectivity index (χ1v) is 13.0. The zero-order valence-electron chi connectivity index (χ0n) is 20.5. The second-order valence-corrected chi connectivity index (χ2v) is 10.9. The lowest BCUT2D eigenvalue weighted by Gasteiger charge is -2.48. The predicted molar refractivity (Wildman–Crippen MR) is 134 cm³/mol. The molecule has 5 nitrogen and oxygen atoms in total. The van der Waals surface area contributed by atoms with Crippen LogP contribution in [0.15, 0.2) is 48.2 Å². The van der Waals surface area contributed by atoms with E-state index in [0.717, 1.165) is 42.3 Å². The van der Waals surface area contributed by atoms with E-state index in [2.05, 4.69) is 31.0 Å². The van der Waals surface area contributed by atoms with E-state index in [9.17, 15) is 19.1 Å². The predicted octanol–water partition coefficient (Wildman–Crippen LogP) is 6.04. The number of benzene rings is 1. The van der Waals surface area contributed by atoms with Crippen LogP contribution in [0.2, 0.25) is 0 Å². The van der Waals surface area contributed by atoms with Crippen LogP contribution in [0, 0.1) is 29.5 Å². The molecule has 3 aliphatic rings. The number of carbonyl (C=O) groups excluding carboxylic acids is 1. The number of carboxylic acid groups (broad SMARTS) is 1. The number of nitrogens with zero attached hydrogens (tertiary/aromatic N) is 1. The zero-order chi connectivity index (χ0) is 24.7. The highest BCUT2D eigenvalue weighted by molar-refractivity contribution is 5.86. The molecule has 1 aromatic heterocycles. The lowest BCUT2D eigenvalue weighted by molar-refractivity contribution is -0.154. The van der Waals surface area contributed by atoms with Gasteiger partial charge in [0.1, 0.15) is 5.82 Å². The number of carbonyl (C=O) groups is 2. The van der Waals surface area contributed by atoms with Crippen molar-refractivity contribution in [2.45, 2.75) is 64.3 Å². The molecule has 1 aromatic carbocycles. The molecule has 1 saturated carbocycles. The standard InChI is InChI=1S/C29H35FN2O3/c1-17-5-3-6-19(13-17)21(23-16-31-25-8-4-7-24(30)28(23)25)15-27(33)32-12-11-20(29(34)35)22-14-18(2)9-10-26(22)32/h3-8,16-18,20-22,26,31H,9-15H2,1-2H3,(H,34,35). The van der Waals surface area contributed by atoms with Crippen molar-refractivity contribution in [3.63, 3.8) is 0 Å². The van der Waals surface area contributed by atoms with Crippen LogP contribution in [0.25, 0.3) is 10.9 Å². The van der Waals surface area contributed by atoms with E-state index in [4.69, 9.17) is 0 Å². The average Bonchev–Trinajstić information content (AvgIpc) is 3.26. The molecule has 2 aromatic rings. The van der Waals surface area contributed by atoms with Gasteiger partial charge in [0.05, 0.1) is 5.92 Å². The lowest BCUT2D eigenvalue weighted by Crippen LogP contribution is -2.55. The summed E-state index contributed by atoms with van der Waals surface area (Å²) in [6.45, 7) is 4.82. The Balaban J connectivity index is 1.47. The number of allylic oxidation sites excluding steroid dienone is 4. The number of hydrogen-bond donors (Lipinski definition) is 2. The third kappa shape index (κ3) is 4.55. The minimum atomic E-state index is -0.735. The molecule has 2 fully saturated rings. The van der Waals surface area contributed by atoms with Crippen LogP contribution >= 0.6 is 0 Å². The number of nitrogens with one attached hydrogen (secondary N) is 1. The van der Waals surface area contributed by atoms with E-state index in [1.54, 1.807) is 6.07 Å². The summed E-state index contributed by atoms with van der Waals surface area (Å²) in [5, 5.41) is 10.4. The number of aromatic amines is 1. The van der Waals surface area contributed by atoms with Crippen LogP contribution in [0.4, 0.5) is 4.39 Å². The number of fused-ring (bicyclic) bond motifs is 2. The van der Waals surface area contributed by atoms with Crippen molar-refractivity contribution < 1.29 is 19.1 Å². The number of aliphatic carboxylic acids is 1. The van der Waals surface area contributed by atoms with Gasteiger partial charge in [0, 0.05) is 42.0 Å². The van der Waals surface area contributed by atoms with E-state index in [-0.39, 0.29) is 41.9 Å². The highest BCUT2D eigenvalue weighted by Gasteiger charge is 2.45. The Morgan fingerprint density at radius 1 is 1.23 bits per heavy atom. The molecule has 1 saturated heterocycles. The summed E-state index contributed by atoms with van der Waals surface area (Å²) in [5.74, 6) is -0.710. The molecule has 6 atom stereocenters. The number of piperidine rings is 1. The molecule has 35 heavy (non-hydrogen) atoms. The number of aromatic nitrogens is 1. The van der Waals surface area contributed by atoms with Gasteiger partial charge >= 0.3 is 5.97 Å². The minimum absolute atomic E-state index is 0.00906. The monoisotopic (exact) mass is 478 g/mol. The molecule has 2 N–H and O–H groups in total. The van der Waals surface area contributed by atoms with Crippen molar-refractivity contribution in [2.75, 3.05) is 6.54 Å². The van der Waals surface area contributed by atoms with Crippen LogP contribution in [0.5, 0.6) is 0 Å². The van der Waals surface area contributed by atoms with Crippen molar-refractivity contribution in [1.82, 2.24) is 9.88 Å². The summed E-state index contributed by atoms with van der Waals surface area (Å²) >= 11 is 0.